The third-order valence-corrected chi connectivity index (χ3v) is 3.22. The third-order valence-electron chi connectivity index (χ3n) is 1.41. The van der Waals surface area contributed by atoms with Gasteiger partial charge in [-0.25, -0.2) is 0 Å². The van der Waals surface area contributed by atoms with Crippen LogP contribution in [0, 0.1) is 0 Å². The molecule has 0 radical (unpaired) electrons. The fourth-order valence-corrected chi connectivity index (χ4v) is 2.08. The first-order valence-electron chi connectivity index (χ1n) is 3.32. The summed E-state index contributed by atoms with van der Waals surface area (Å²) in [5.41, 5.74) is 6.74. The summed E-state index contributed by atoms with van der Waals surface area (Å²) < 4.78 is 1.11. The van der Waals surface area contributed by atoms with Gasteiger partial charge >= 0.3 is 0 Å². The second kappa shape index (κ2) is 4.21. The lowest BCUT2D eigenvalue weighted by Gasteiger charge is -2.05. The minimum absolute atomic E-state index is 0.0439. The van der Waals surface area contributed by atoms with E-state index in [0.717, 1.165) is 10.2 Å². The van der Waals surface area contributed by atoms with Crippen LogP contribution in [0.1, 0.15) is 5.56 Å². The Balaban J connectivity index is 2.56. The number of halogens is 1. The molecule has 1 aromatic heterocycles. The number of aliphatic hydroxyl groups is 1. The van der Waals surface area contributed by atoms with E-state index in [1.54, 1.807) is 11.3 Å². The minimum atomic E-state index is -0.138. The molecule has 0 saturated heterocycles. The minimum Gasteiger partial charge on any atom is -0.395 e. The van der Waals surface area contributed by atoms with Crippen molar-refractivity contribution < 1.29 is 5.11 Å². The highest BCUT2D eigenvalue weighted by atomic mass is 79.9. The molecule has 1 heterocycles. The topological polar surface area (TPSA) is 46.2 Å². The molecule has 0 aliphatic heterocycles. The van der Waals surface area contributed by atoms with Crippen molar-refractivity contribution in [3.63, 3.8) is 0 Å². The largest absolute Gasteiger partial charge is 0.395 e. The predicted molar refractivity (Wildman–Crippen MR) is 50.8 cm³/mol. The first kappa shape index (κ1) is 9.19. The molecular formula is C7H10BrNOS. The Labute approximate surface area is 78.2 Å². The van der Waals surface area contributed by atoms with Crippen LogP contribution in [0.2, 0.25) is 0 Å². The van der Waals surface area contributed by atoms with E-state index >= 15 is 0 Å². The van der Waals surface area contributed by atoms with E-state index in [1.165, 1.54) is 5.56 Å². The fourth-order valence-electron chi connectivity index (χ4n) is 0.812. The zero-order valence-corrected chi connectivity index (χ0v) is 8.36. The summed E-state index contributed by atoms with van der Waals surface area (Å²) in [6.45, 7) is 0.0439. The normalized spacial score (nSPS) is 13.4. The number of hydrogen-bond donors (Lipinski definition) is 2. The van der Waals surface area contributed by atoms with Gasteiger partial charge in [0, 0.05) is 6.04 Å². The molecule has 0 amide bonds. The first-order chi connectivity index (χ1) is 5.24. The van der Waals surface area contributed by atoms with E-state index in [9.17, 15) is 0 Å². The van der Waals surface area contributed by atoms with Gasteiger partial charge in [-0.1, -0.05) is 0 Å². The van der Waals surface area contributed by atoms with Crippen molar-refractivity contribution in [1.29, 1.82) is 0 Å². The standard InChI is InChI=1S/C7H10BrNOS/c8-7-5(1-2-11-7)3-6(9)4-10/h1-2,6,10H,3-4,9H2. The third kappa shape index (κ3) is 2.56. The van der Waals surface area contributed by atoms with Crippen molar-refractivity contribution in [3.8, 4) is 0 Å². The van der Waals surface area contributed by atoms with Crippen LogP contribution in [0.3, 0.4) is 0 Å². The van der Waals surface area contributed by atoms with E-state index < -0.39 is 0 Å². The number of aliphatic hydroxyl groups excluding tert-OH is 1. The van der Waals surface area contributed by atoms with Crippen molar-refractivity contribution in [1.82, 2.24) is 0 Å². The summed E-state index contributed by atoms with van der Waals surface area (Å²) in [6, 6.07) is 1.88. The van der Waals surface area contributed by atoms with Crippen molar-refractivity contribution >= 4 is 27.3 Å². The highest BCUT2D eigenvalue weighted by Gasteiger charge is 2.05. The summed E-state index contributed by atoms with van der Waals surface area (Å²) in [4.78, 5) is 0. The Morgan fingerprint density at radius 2 is 2.45 bits per heavy atom. The molecule has 0 fully saturated rings. The predicted octanol–water partition coefficient (Wildman–Crippen LogP) is 1.37. The van der Waals surface area contributed by atoms with Gasteiger partial charge in [0.15, 0.2) is 0 Å². The van der Waals surface area contributed by atoms with E-state index in [4.69, 9.17) is 10.8 Å². The van der Waals surface area contributed by atoms with Gasteiger partial charge in [0.2, 0.25) is 0 Å². The zero-order valence-electron chi connectivity index (χ0n) is 5.96. The Bertz CT molecular complexity index is 226. The summed E-state index contributed by atoms with van der Waals surface area (Å²) in [6.07, 6.45) is 0.737. The van der Waals surface area contributed by atoms with Gasteiger partial charge in [-0.2, -0.15) is 0 Å². The Kier molecular flexibility index (Phi) is 3.51. The smallest absolute Gasteiger partial charge is 0.0730 e. The van der Waals surface area contributed by atoms with Crippen LogP contribution < -0.4 is 5.73 Å². The molecule has 62 valence electrons. The fraction of sp³-hybridized carbons (Fsp3) is 0.429. The van der Waals surface area contributed by atoms with E-state index in [1.807, 2.05) is 11.4 Å². The molecule has 4 heteroatoms. The SMILES string of the molecule is NC(CO)Cc1ccsc1Br. The molecule has 2 nitrogen and oxygen atoms in total. The second-order valence-electron chi connectivity index (χ2n) is 2.37. The molecule has 0 spiro atoms. The first-order valence-corrected chi connectivity index (χ1v) is 4.99. The molecule has 3 N–H and O–H groups in total. The number of nitrogens with two attached hydrogens (primary N) is 1. The molecule has 0 saturated carbocycles. The van der Waals surface area contributed by atoms with Gasteiger partial charge in [-0.05, 0) is 39.4 Å². The van der Waals surface area contributed by atoms with E-state index in [2.05, 4.69) is 15.9 Å². The molecule has 11 heavy (non-hydrogen) atoms. The van der Waals surface area contributed by atoms with Gasteiger partial charge in [-0.15, -0.1) is 11.3 Å². The van der Waals surface area contributed by atoms with Gasteiger partial charge in [0.25, 0.3) is 0 Å². The van der Waals surface area contributed by atoms with Crippen molar-refractivity contribution in [2.24, 2.45) is 5.73 Å². The van der Waals surface area contributed by atoms with Crippen molar-refractivity contribution in [2.45, 2.75) is 12.5 Å². The van der Waals surface area contributed by atoms with Crippen LogP contribution in [0.25, 0.3) is 0 Å². The molecule has 0 bridgehead atoms. The average Bonchev–Trinajstić information content (AvgIpc) is 2.37. The summed E-state index contributed by atoms with van der Waals surface area (Å²) in [5.74, 6) is 0. The molecule has 1 unspecified atom stereocenters. The van der Waals surface area contributed by atoms with E-state index in [-0.39, 0.29) is 12.6 Å². The maximum absolute atomic E-state index is 8.69. The lowest BCUT2D eigenvalue weighted by Crippen LogP contribution is -2.26. The maximum Gasteiger partial charge on any atom is 0.0730 e. The number of thiophene rings is 1. The van der Waals surface area contributed by atoms with Gasteiger partial charge < -0.3 is 10.8 Å². The molecule has 1 atom stereocenters. The highest BCUT2D eigenvalue weighted by Crippen LogP contribution is 2.24. The molecule has 0 aliphatic rings. The Hall–Kier alpha value is 0.100. The lowest BCUT2D eigenvalue weighted by atomic mass is 10.1. The van der Waals surface area contributed by atoms with Crippen LogP contribution in [0.15, 0.2) is 15.2 Å². The second-order valence-corrected chi connectivity index (χ2v) is 4.60. The van der Waals surface area contributed by atoms with Crippen LogP contribution in [-0.2, 0) is 6.42 Å². The summed E-state index contributed by atoms with van der Waals surface area (Å²) in [5, 5.41) is 10.7. The van der Waals surface area contributed by atoms with Crippen molar-refractivity contribution in [3.05, 3.63) is 20.8 Å². The summed E-state index contributed by atoms with van der Waals surface area (Å²) in [7, 11) is 0. The number of hydrogen-bond acceptors (Lipinski definition) is 3. The van der Waals surface area contributed by atoms with Gasteiger partial charge in [0.05, 0.1) is 10.4 Å². The van der Waals surface area contributed by atoms with Crippen molar-refractivity contribution in [2.75, 3.05) is 6.61 Å². The molecule has 0 aromatic carbocycles. The van der Waals surface area contributed by atoms with Crippen LogP contribution in [0.4, 0.5) is 0 Å². The molecule has 1 aromatic rings. The van der Waals surface area contributed by atoms with Gasteiger partial charge in [-0.3, -0.25) is 0 Å². The highest BCUT2D eigenvalue weighted by molar-refractivity contribution is 9.11. The molecular weight excluding hydrogens is 226 g/mol. The Morgan fingerprint density at radius 3 is 2.91 bits per heavy atom. The quantitative estimate of drug-likeness (QED) is 0.832. The Morgan fingerprint density at radius 1 is 1.73 bits per heavy atom. The molecule has 1 rings (SSSR count). The van der Waals surface area contributed by atoms with E-state index in [0.29, 0.717) is 0 Å². The summed E-state index contributed by atoms with van der Waals surface area (Å²) >= 11 is 5.04. The zero-order chi connectivity index (χ0) is 8.27. The monoisotopic (exact) mass is 235 g/mol. The molecule has 0 aliphatic carbocycles. The van der Waals surface area contributed by atoms with Crippen LogP contribution >= 0.6 is 27.3 Å². The maximum atomic E-state index is 8.69. The lowest BCUT2D eigenvalue weighted by molar-refractivity contribution is 0.265. The number of rotatable bonds is 3. The van der Waals surface area contributed by atoms with Crippen LogP contribution in [-0.4, -0.2) is 17.8 Å². The van der Waals surface area contributed by atoms with Crippen LogP contribution in [0.5, 0.6) is 0 Å². The average molecular weight is 236 g/mol. The van der Waals surface area contributed by atoms with Gasteiger partial charge in [0.1, 0.15) is 0 Å².